The van der Waals surface area contributed by atoms with Gasteiger partial charge >= 0.3 is 6.18 Å². The van der Waals surface area contributed by atoms with E-state index in [2.05, 4.69) is 27.3 Å². The van der Waals surface area contributed by atoms with Gasteiger partial charge in [-0.05, 0) is 18.8 Å². The molecule has 2 atom stereocenters. The van der Waals surface area contributed by atoms with Gasteiger partial charge in [0.15, 0.2) is 5.96 Å². The fraction of sp³-hybridized carbons (Fsp3) is 0.909. The number of ether oxygens (including phenoxy) is 1. The van der Waals surface area contributed by atoms with Crippen LogP contribution in [0.15, 0.2) is 4.99 Å². The first-order chi connectivity index (χ1) is 8.42. The number of alkyl halides is 3. The topological polar surface area (TPSA) is 45.7 Å². The Morgan fingerprint density at radius 1 is 1.44 bits per heavy atom. The van der Waals surface area contributed by atoms with Crippen LogP contribution in [0, 0.1) is 5.92 Å². The lowest BCUT2D eigenvalue weighted by Gasteiger charge is -2.12. The summed E-state index contributed by atoms with van der Waals surface area (Å²) < 4.78 is 39.8. The first-order valence-electron chi connectivity index (χ1n) is 6.04. The van der Waals surface area contributed by atoms with Crippen LogP contribution in [-0.2, 0) is 4.74 Å². The molecular weight excluding hydrogens is 247 g/mol. The summed E-state index contributed by atoms with van der Waals surface area (Å²) in [4.78, 5) is 4.03. The molecule has 0 aromatic rings. The molecule has 7 heteroatoms. The number of rotatable bonds is 6. The summed E-state index contributed by atoms with van der Waals surface area (Å²) in [6.45, 7) is 1.59. The first kappa shape index (κ1) is 15.1. The number of guanidine groups is 1. The molecule has 0 aromatic carbocycles. The molecule has 1 aliphatic rings. The smallest absolute Gasteiger partial charge is 0.372 e. The van der Waals surface area contributed by atoms with E-state index in [4.69, 9.17) is 0 Å². The van der Waals surface area contributed by atoms with E-state index in [0.29, 0.717) is 30.9 Å². The maximum absolute atomic E-state index is 11.8. The predicted octanol–water partition coefficient (Wildman–Crippen LogP) is 1.53. The summed E-state index contributed by atoms with van der Waals surface area (Å²) in [5.74, 6) is 1.36. The Bertz CT molecular complexity index is 281. The van der Waals surface area contributed by atoms with Crippen molar-refractivity contribution >= 4 is 5.96 Å². The van der Waals surface area contributed by atoms with Gasteiger partial charge in [0, 0.05) is 26.2 Å². The second-order valence-electron chi connectivity index (χ2n) is 4.48. The van der Waals surface area contributed by atoms with E-state index in [1.807, 2.05) is 0 Å². The minimum atomic E-state index is -4.24. The summed E-state index contributed by atoms with van der Waals surface area (Å²) >= 11 is 0. The quantitative estimate of drug-likeness (QED) is 0.436. The van der Waals surface area contributed by atoms with Crippen LogP contribution in [0.3, 0.4) is 0 Å². The highest BCUT2D eigenvalue weighted by atomic mass is 19.4. The Kier molecular flexibility index (Phi) is 5.71. The minimum absolute atomic E-state index is 0.0866. The zero-order valence-electron chi connectivity index (χ0n) is 10.7. The fourth-order valence-electron chi connectivity index (χ4n) is 1.46. The van der Waals surface area contributed by atoms with Crippen LogP contribution < -0.4 is 10.6 Å². The van der Waals surface area contributed by atoms with Gasteiger partial charge in [-0.3, -0.25) is 4.99 Å². The van der Waals surface area contributed by atoms with Gasteiger partial charge < -0.3 is 15.4 Å². The molecule has 1 saturated carbocycles. The molecule has 1 fully saturated rings. The van der Waals surface area contributed by atoms with E-state index in [1.165, 1.54) is 0 Å². The third-order valence-corrected chi connectivity index (χ3v) is 2.68. The van der Waals surface area contributed by atoms with E-state index in [-0.39, 0.29) is 6.61 Å². The third kappa shape index (κ3) is 6.68. The second kappa shape index (κ2) is 6.82. The molecule has 2 unspecified atom stereocenters. The van der Waals surface area contributed by atoms with E-state index in [0.717, 1.165) is 6.42 Å². The van der Waals surface area contributed by atoms with Gasteiger partial charge in [-0.1, -0.05) is 6.92 Å². The highest BCUT2D eigenvalue weighted by Gasteiger charge is 2.33. The maximum Gasteiger partial charge on any atom is 0.411 e. The Hall–Kier alpha value is -0.980. The molecular formula is C11H20F3N3O. The van der Waals surface area contributed by atoms with E-state index >= 15 is 0 Å². The maximum atomic E-state index is 11.8. The van der Waals surface area contributed by atoms with Gasteiger partial charge in [0.1, 0.15) is 6.61 Å². The number of halogens is 3. The van der Waals surface area contributed by atoms with Gasteiger partial charge in [-0.25, -0.2) is 0 Å². The Labute approximate surface area is 105 Å². The summed E-state index contributed by atoms with van der Waals surface area (Å²) in [5.41, 5.74) is 0. The number of hydrogen-bond acceptors (Lipinski definition) is 2. The van der Waals surface area contributed by atoms with Crippen molar-refractivity contribution in [2.75, 3.05) is 26.8 Å². The van der Waals surface area contributed by atoms with Crippen molar-refractivity contribution in [1.29, 1.82) is 0 Å². The zero-order valence-corrected chi connectivity index (χ0v) is 10.7. The molecule has 2 N–H and O–H groups in total. The second-order valence-corrected chi connectivity index (χ2v) is 4.48. The van der Waals surface area contributed by atoms with Gasteiger partial charge in [0.2, 0.25) is 0 Å². The number of aliphatic imine (C=N–C) groups is 1. The molecule has 18 heavy (non-hydrogen) atoms. The van der Waals surface area contributed by atoms with E-state index < -0.39 is 12.8 Å². The molecule has 0 amide bonds. The van der Waals surface area contributed by atoms with Crippen molar-refractivity contribution in [2.24, 2.45) is 10.9 Å². The van der Waals surface area contributed by atoms with Gasteiger partial charge in [0.25, 0.3) is 0 Å². The van der Waals surface area contributed by atoms with Crippen molar-refractivity contribution in [3.05, 3.63) is 0 Å². The number of nitrogens with zero attached hydrogens (tertiary/aromatic N) is 1. The van der Waals surface area contributed by atoms with Crippen LogP contribution in [0.2, 0.25) is 0 Å². The standard InChI is InChI=1S/C11H20F3N3O/c1-8-6-9(8)17-10(15-2)16-4-3-5-18-7-11(12,13)14/h8-9H,3-7H2,1-2H3,(H2,15,16,17). The SMILES string of the molecule is CN=C(NCCCOCC(F)(F)F)NC1CC1C. The monoisotopic (exact) mass is 267 g/mol. The normalized spacial score (nSPS) is 23.9. The zero-order chi connectivity index (χ0) is 13.6. The number of hydrogen-bond donors (Lipinski definition) is 2. The highest BCUT2D eigenvalue weighted by molar-refractivity contribution is 5.80. The van der Waals surface area contributed by atoms with E-state index in [9.17, 15) is 13.2 Å². The average molecular weight is 267 g/mol. The summed E-state index contributed by atoms with van der Waals surface area (Å²) in [5, 5.41) is 6.26. The molecule has 1 aliphatic carbocycles. The van der Waals surface area contributed by atoms with Crippen LogP contribution in [0.5, 0.6) is 0 Å². The first-order valence-corrected chi connectivity index (χ1v) is 6.04. The lowest BCUT2D eigenvalue weighted by Crippen LogP contribution is -2.39. The van der Waals surface area contributed by atoms with Crippen LogP contribution in [0.1, 0.15) is 19.8 Å². The lowest BCUT2D eigenvalue weighted by atomic mass is 10.4. The van der Waals surface area contributed by atoms with E-state index in [1.54, 1.807) is 7.05 Å². The molecule has 0 spiro atoms. The molecule has 0 aliphatic heterocycles. The van der Waals surface area contributed by atoms with Crippen LogP contribution in [-0.4, -0.2) is 45.0 Å². The largest absolute Gasteiger partial charge is 0.411 e. The van der Waals surface area contributed by atoms with Gasteiger partial charge in [-0.15, -0.1) is 0 Å². The molecule has 0 radical (unpaired) electrons. The summed E-state index contributed by atoms with van der Waals surface area (Å²) in [7, 11) is 1.67. The number of nitrogens with one attached hydrogen (secondary N) is 2. The Morgan fingerprint density at radius 3 is 2.61 bits per heavy atom. The minimum Gasteiger partial charge on any atom is -0.372 e. The molecule has 1 rings (SSSR count). The highest BCUT2D eigenvalue weighted by Crippen LogP contribution is 2.28. The van der Waals surface area contributed by atoms with Crippen LogP contribution in [0.25, 0.3) is 0 Å². The van der Waals surface area contributed by atoms with Crippen molar-refractivity contribution < 1.29 is 17.9 Å². The molecule has 0 heterocycles. The van der Waals surface area contributed by atoms with Crippen LogP contribution in [0.4, 0.5) is 13.2 Å². The van der Waals surface area contributed by atoms with Gasteiger partial charge in [0.05, 0.1) is 0 Å². The summed E-state index contributed by atoms with van der Waals surface area (Å²) in [6.07, 6.45) is -2.60. The molecule has 106 valence electrons. The van der Waals surface area contributed by atoms with Crippen molar-refractivity contribution in [3.63, 3.8) is 0 Å². The third-order valence-electron chi connectivity index (χ3n) is 2.68. The Morgan fingerprint density at radius 2 is 2.11 bits per heavy atom. The van der Waals surface area contributed by atoms with Crippen molar-refractivity contribution in [1.82, 2.24) is 10.6 Å². The molecule has 4 nitrogen and oxygen atoms in total. The summed E-state index contributed by atoms with van der Waals surface area (Å²) in [6, 6.07) is 0.470. The average Bonchev–Trinajstić information content (AvgIpc) is 2.96. The van der Waals surface area contributed by atoms with Crippen LogP contribution >= 0.6 is 0 Å². The van der Waals surface area contributed by atoms with Gasteiger partial charge in [-0.2, -0.15) is 13.2 Å². The fourth-order valence-corrected chi connectivity index (χ4v) is 1.46. The molecule has 0 bridgehead atoms. The van der Waals surface area contributed by atoms with Crippen molar-refractivity contribution in [3.8, 4) is 0 Å². The molecule has 0 saturated heterocycles. The molecule has 0 aromatic heterocycles. The predicted molar refractivity (Wildman–Crippen MR) is 63.6 cm³/mol. The lowest BCUT2D eigenvalue weighted by molar-refractivity contribution is -0.173. The van der Waals surface area contributed by atoms with Crippen molar-refractivity contribution in [2.45, 2.75) is 32.0 Å². The Balaban J connectivity index is 1.99.